The summed E-state index contributed by atoms with van der Waals surface area (Å²) in [6.45, 7) is 0. The highest BCUT2D eigenvalue weighted by Crippen LogP contribution is 2.31. The Labute approximate surface area is 88.7 Å². The summed E-state index contributed by atoms with van der Waals surface area (Å²) in [7, 11) is 1.57. The van der Waals surface area contributed by atoms with Gasteiger partial charge in [-0.25, -0.2) is 4.98 Å². The Kier molecular flexibility index (Phi) is 2.94. The van der Waals surface area contributed by atoms with Crippen LogP contribution in [0.4, 0.5) is 0 Å². The van der Waals surface area contributed by atoms with Crippen LogP contribution in [0.1, 0.15) is 25.0 Å². The molecule has 0 bridgehead atoms. The van der Waals surface area contributed by atoms with Gasteiger partial charge in [-0.05, 0) is 12.8 Å². The largest absolute Gasteiger partial charge is 0.480 e. The third kappa shape index (κ3) is 2.52. The number of carbonyl (C=O) groups excluding carboxylic acids is 1. The predicted molar refractivity (Wildman–Crippen MR) is 54.6 cm³/mol. The Morgan fingerprint density at radius 2 is 2.20 bits per heavy atom. The van der Waals surface area contributed by atoms with E-state index in [4.69, 9.17) is 4.74 Å². The third-order valence-electron chi connectivity index (χ3n) is 2.57. The first-order valence-corrected chi connectivity index (χ1v) is 5.18. The number of hydrogen-bond acceptors (Lipinski definition) is 4. The molecule has 2 rings (SSSR count). The normalized spacial score (nSPS) is 15.0. The molecule has 1 fully saturated rings. The van der Waals surface area contributed by atoms with E-state index >= 15 is 0 Å². The third-order valence-corrected chi connectivity index (χ3v) is 2.57. The van der Waals surface area contributed by atoms with Crippen LogP contribution in [0.5, 0.6) is 5.88 Å². The van der Waals surface area contributed by atoms with Crippen molar-refractivity contribution in [2.45, 2.75) is 25.7 Å². The fraction of sp³-hybridized carbons (Fsp3) is 0.545. The molecule has 0 aliphatic heterocycles. The molecular weight excluding hydrogens is 192 g/mol. The predicted octanol–water partition coefficient (Wildman–Crippen LogP) is 1.40. The van der Waals surface area contributed by atoms with Crippen molar-refractivity contribution >= 4 is 5.78 Å². The summed E-state index contributed by atoms with van der Waals surface area (Å²) in [5.41, 5.74) is 0.772. The first-order chi connectivity index (χ1) is 7.31. The second kappa shape index (κ2) is 4.38. The molecule has 1 aliphatic rings. The van der Waals surface area contributed by atoms with E-state index in [-0.39, 0.29) is 0 Å². The smallest absolute Gasteiger partial charge is 0.235 e. The lowest BCUT2D eigenvalue weighted by Gasteiger charge is -2.04. The van der Waals surface area contributed by atoms with Crippen LogP contribution in [0.15, 0.2) is 12.4 Å². The molecule has 0 N–H and O–H groups in total. The van der Waals surface area contributed by atoms with Crippen molar-refractivity contribution in [1.82, 2.24) is 9.97 Å². The van der Waals surface area contributed by atoms with Crippen LogP contribution in [0.3, 0.4) is 0 Å². The second-order valence-corrected chi connectivity index (χ2v) is 3.75. The van der Waals surface area contributed by atoms with Crippen LogP contribution in [-0.2, 0) is 11.2 Å². The fourth-order valence-electron chi connectivity index (χ4n) is 1.55. The zero-order valence-electron chi connectivity index (χ0n) is 8.77. The fourth-order valence-corrected chi connectivity index (χ4v) is 1.55. The lowest BCUT2D eigenvalue weighted by atomic mass is 10.1. The molecule has 1 heterocycles. The van der Waals surface area contributed by atoms with E-state index in [9.17, 15) is 4.79 Å². The first-order valence-electron chi connectivity index (χ1n) is 5.18. The first kappa shape index (κ1) is 10.1. The Morgan fingerprint density at radius 3 is 2.87 bits per heavy atom. The Balaban J connectivity index is 1.94. The van der Waals surface area contributed by atoms with Gasteiger partial charge in [0, 0.05) is 31.2 Å². The van der Waals surface area contributed by atoms with Crippen LogP contribution in [0.25, 0.3) is 0 Å². The van der Waals surface area contributed by atoms with Gasteiger partial charge in [0.05, 0.1) is 7.11 Å². The molecule has 80 valence electrons. The number of hydrogen-bond donors (Lipinski definition) is 0. The minimum absolute atomic E-state index is 0.327. The van der Waals surface area contributed by atoms with E-state index in [0.717, 1.165) is 18.5 Å². The van der Waals surface area contributed by atoms with Gasteiger partial charge >= 0.3 is 0 Å². The maximum absolute atomic E-state index is 11.5. The van der Waals surface area contributed by atoms with Crippen LogP contribution in [-0.4, -0.2) is 22.9 Å². The molecule has 15 heavy (non-hydrogen) atoms. The standard InChI is InChI=1S/C11H14N2O2/c1-15-11-9(12-6-7-13-11)4-5-10(14)8-2-3-8/h6-8H,2-5H2,1H3. The summed E-state index contributed by atoms with van der Waals surface area (Å²) in [5.74, 6) is 1.21. The average Bonchev–Trinajstić information content (AvgIpc) is 3.10. The quantitative estimate of drug-likeness (QED) is 0.730. The maximum atomic E-state index is 11.5. The monoisotopic (exact) mass is 206 g/mol. The summed E-state index contributed by atoms with van der Waals surface area (Å²) in [4.78, 5) is 19.7. The van der Waals surface area contributed by atoms with Gasteiger partial charge in [0.1, 0.15) is 11.5 Å². The van der Waals surface area contributed by atoms with E-state index in [0.29, 0.717) is 30.4 Å². The molecule has 0 saturated heterocycles. The van der Waals surface area contributed by atoms with E-state index in [1.54, 1.807) is 19.5 Å². The zero-order chi connectivity index (χ0) is 10.7. The second-order valence-electron chi connectivity index (χ2n) is 3.75. The molecular formula is C11H14N2O2. The number of rotatable bonds is 5. The number of ether oxygens (including phenoxy) is 1. The van der Waals surface area contributed by atoms with Gasteiger partial charge in [-0.3, -0.25) is 9.78 Å². The number of aryl methyl sites for hydroxylation is 1. The van der Waals surface area contributed by atoms with Gasteiger partial charge in [0.25, 0.3) is 0 Å². The van der Waals surface area contributed by atoms with Crippen molar-refractivity contribution in [1.29, 1.82) is 0 Å². The lowest BCUT2D eigenvalue weighted by molar-refractivity contribution is -0.120. The zero-order valence-corrected chi connectivity index (χ0v) is 8.77. The molecule has 0 unspecified atom stereocenters. The Bertz CT molecular complexity index is 361. The highest BCUT2D eigenvalue weighted by molar-refractivity contribution is 5.83. The van der Waals surface area contributed by atoms with Gasteiger partial charge < -0.3 is 4.74 Å². The average molecular weight is 206 g/mol. The molecule has 0 aromatic carbocycles. The van der Waals surface area contributed by atoms with Crippen molar-refractivity contribution < 1.29 is 9.53 Å². The number of carbonyl (C=O) groups is 1. The van der Waals surface area contributed by atoms with Crippen molar-refractivity contribution in [3.63, 3.8) is 0 Å². The van der Waals surface area contributed by atoms with E-state index in [2.05, 4.69) is 9.97 Å². The van der Waals surface area contributed by atoms with E-state index < -0.39 is 0 Å². The molecule has 0 spiro atoms. The molecule has 4 nitrogen and oxygen atoms in total. The summed E-state index contributed by atoms with van der Waals surface area (Å²) in [6, 6.07) is 0. The van der Waals surface area contributed by atoms with Crippen LogP contribution < -0.4 is 4.74 Å². The number of methoxy groups -OCH3 is 1. The van der Waals surface area contributed by atoms with Gasteiger partial charge in [0.15, 0.2) is 0 Å². The van der Waals surface area contributed by atoms with Gasteiger partial charge in [-0.15, -0.1) is 0 Å². The van der Waals surface area contributed by atoms with Gasteiger partial charge in [0.2, 0.25) is 5.88 Å². The molecule has 0 amide bonds. The number of aromatic nitrogens is 2. The van der Waals surface area contributed by atoms with Gasteiger partial charge in [-0.2, -0.15) is 0 Å². The topological polar surface area (TPSA) is 52.1 Å². The van der Waals surface area contributed by atoms with Crippen LogP contribution in [0, 0.1) is 5.92 Å². The highest BCUT2D eigenvalue weighted by Gasteiger charge is 2.28. The minimum atomic E-state index is 0.327. The molecule has 0 radical (unpaired) electrons. The Morgan fingerprint density at radius 1 is 1.47 bits per heavy atom. The van der Waals surface area contributed by atoms with Crippen molar-refractivity contribution in [3.05, 3.63) is 18.1 Å². The van der Waals surface area contributed by atoms with Crippen molar-refractivity contribution in [3.8, 4) is 5.88 Å². The number of ketones is 1. The highest BCUT2D eigenvalue weighted by atomic mass is 16.5. The molecule has 1 saturated carbocycles. The van der Waals surface area contributed by atoms with Crippen LogP contribution >= 0.6 is 0 Å². The summed E-state index contributed by atoms with van der Waals surface area (Å²) in [5, 5.41) is 0. The summed E-state index contributed by atoms with van der Waals surface area (Å²) >= 11 is 0. The van der Waals surface area contributed by atoms with Crippen molar-refractivity contribution in [2.75, 3.05) is 7.11 Å². The molecule has 1 aromatic heterocycles. The van der Waals surface area contributed by atoms with Crippen LogP contribution in [0.2, 0.25) is 0 Å². The maximum Gasteiger partial charge on any atom is 0.235 e. The van der Waals surface area contributed by atoms with E-state index in [1.807, 2.05) is 0 Å². The lowest BCUT2D eigenvalue weighted by Crippen LogP contribution is -2.05. The SMILES string of the molecule is COc1nccnc1CCC(=O)C1CC1. The summed E-state index contributed by atoms with van der Waals surface area (Å²) < 4.78 is 5.07. The van der Waals surface area contributed by atoms with Crippen molar-refractivity contribution in [2.24, 2.45) is 5.92 Å². The molecule has 0 atom stereocenters. The molecule has 1 aromatic rings. The number of Topliss-reactive ketones (excluding diaryl/α,β-unsaturated/α-hetero) is 1. The minimum Gasteiger partial charge on any atom is -0.480 e. The molecule has 1 aliphatic carbocycles. The van der Waals surface area contributed by atoms with Gasteiger partial charge in [-0.1, -0.05) is 0 Å². The molecule has 4 heteroatoms. The summed E-state index contributed by atoms with van der Waals surface area (Å²) in [6.07, 6.45) is 6.53. The van der Waals surface area contributed by atoms with E-state index in [1.165, 1.54) is 0 Å². The Hall–Kier alpha value is -1.45. The number of nitrogens with zero attached hydrogens (tertiary/aromatic N) is 2.